The largest absolute Gasteiger partial charge is 0.398 e. The average Bonchev–Trinajstić information content (AvgIpc) is 1.97. The maximum atomic E-state index is 5.78. The highest BCUT2D eigenvalue weighted by molar-refractivity contribution is 6.33. The lowest BCUT2D eigenvalue weighted by molar-refractivity contribution is 1.05. The second-order valence-electron chi connectivity index (χ2n) is 2.50. The van der Waals surface area contributed by atoms with Crippen molar-refractivity contribution in [1.82, 2.24) is 0 Å². The summed E-state index contributed by atoms with van der Waals surface area (Å²) < 4.78 is 0. The van der Waals surface area contributed by atoms with E-state index >= 15 is 0 Å². The van der Waals surface area contributed by atoms with Gasteiger partial charge in [-0.25, -0.2) is 0 Å². The second-order valence-corrected chi connectivity index (χ2v) is 2.91. The molecule has 0 aliphatic rings. The third-order valence-electron chi connectivity index (χ3n) is 1.68. The van der Waals surface area contributed by atoms with Crippen molar-refractivity contribution in [3.05, 3.63) is 28.3 Å². The molecule has 0 unspecified atom stereocenters. The van der Waals surface area contributed by atoms with Gasteiger partial charge in [0.2, 0.25) is 0 Å². The molecule has 1 aromatic carbocycles. The predicted molar refractivity (Wildman–Crippen MR) is 48.5 cm³/mol. The average molecular weight is 171 g/mol. The van der Waals surface area contributed by atoms with E-state index < -0.39 is 0 Å². The van der Waals surface area contributed by atoms with E-state index in [0.717, 1.165) is 11.1 Å². The highest BCUT2D eigenvalue weighted by Gasteiger charge is 2.00. The van der Waals surface area contributed by atoms with E-state index in [1.807, 2.05) is 19.1 Å². The van der Waals surface area contributed by atoms with Crippen LogP contribution in [-0.4, -0.2) is 0 Å². The van der Waals surface area contributed by atoms with Crippen LogP contribution in [0.5, 0.6) is 0 Å². The van der Waals surface area contributed by atoms with Gasteiger partial charge in [-0.2, -0.15) is 0 Å². The van der Waals surface area contributed by atoms with Crippen molar-refractivity contribution in [3.8, 4) is 0 Å². The fraction of sp³-hybridized carbons (Fsp3) is 0.250. The molecule has 4 N–H and O–H groups in total. The van der Waals surface area contributed by atoms with Crippen LogP contribution in [-0.2, 0) is 6.54 Å². The van der Waals surface area contributed by atoms with E-state index in [9.17, 15) is 0 Å². The van der Waals surface area contributed by atoms with Crippen LogP contribution in [0.2, 0.25) is 5.02 Å². The van der Waals surface area contributed by atoms with E-state index in [4.69, 9.17) is 23.1 Å². The van der Waals surface area contributed by atoms with Crippen LogP contribution in [0.3, 0.4) is 0 Å². The number of rotatable bonds is 1. The van der Waals surface area contributed by atoms with Crippen molar-refractivity contribution in [2.24, 2.45) is 5.73 Å². The highest BCUT2D eigenvalue weighted by Crippen LogP contribution is 2.22. The molecule has 0 heterocycles. The Morgan fingerprint density at radius 1 is 1.45 bits per heavy atom. The molecule has 60 valence electrons. The minimum Gasteiger partial charge on any atom is -0.398 e. The van der Waals surface area contributed by atoms with E-state index in [0.29, 0.717) is 17.3 Å². The van der Waals surface area contributed by atoms with Gasteiger partial charge in [0.25, 0.3) is 0 Å². The van der Waals surface area contributed by atoms with Gasteiger partial charge >= 0.3 is 0 Å². The summed E-state index contributed by atoms with van der Waals surface area (Å²) >= 11 is 5.78. The molecule has 0 aliphatic heterocycles. The van der Waals surface area contributed by atoms with Crippen LogP contribution in [0.1, 0.15) is 11.1 Å². The second kappa shape index (κ2) is 3.11. The number of nitrogens with two attached hydrogens (primary N) is 2. The molecule has 0 aromatic heterocycles. The number of hydrogen-bond acceptors (Lipinski definition) is 2. The number of benzene rings is 1. The van der Waals surface area contributed by atoms with Crippen LogP contribution in [0.25, 0.3) is 0 Å². The Hall–Kier alpha value is -0.730. The fourth-order valence-electron chi connectivity index (χ4n) is 0.957. The van der Waals surface area contributed by atoms with Crippen LogP contribution in [0.4, 0.5) is 5.69 Å². The molecule has 1 aromatic rings. The van der Waals surface area contributed by atoms with Crippen molar-refractivity contribution in [2.75, 3.05) is 5.73 Å². The number of nitrogen functional groups attached to an aromatic ring is 1. The number of aryl methyl sites for hydroxylation is 1. The van der Waals surface area contributed by atoms with Gasteiger partial charge in [-0.3, -0.25) is 0 Å². The number of anilines is 1. The summed E-state index contributed by atoms with van der Waals surface area (Å²) in [7, 11) is 0. The predicted octanol–water partition coefficient (Wildman–Crippen LogP) is 1.69. The first-order valence-corrected chi connectivity index (χ1v) is 3.77. The first kappa shape index (κ1) is 8.37. The monoisotopic (exact) mass is 170 g/mol. The third kappa shape index (κ3) is 1.64. The van der Waals surface area contributed by atoms with Gasteiger partial charge in [0, 0.05) is 6.54 Å². The molecular formula is C8H11ClN2. The third-order valence-corrected chi connectivity index (χ3v) is 2.00. The van der Waals surface area contributed by atoms with E-state index in [1.54, 1.807) is 0 Å². The van der Waals surface area contributed by atoms with E-state index in [1.165, 1.54) is 0 Å². The summed E-state index contributed by atoms with van der Waals surface area (Å²) in [4.78, 5) is 0. The molecule has 0 spiro atoms. The van der Waals surface area contributed by atoms with Crippen molar-refractivity contribution < 1.29 is 0 Å². The molecule has 0 fully saturated rings. The minimum atomic E-state index is 0.507. The first-order chi connectivity index (χ1) is 5.15. The van der Waals surface area contributed by atoms with Gasteiger partial charge in [-0.15, -0.1) is 0 Å². The zero-order chi connectivity index (χ0) is 8.43. The molecule has 11 heavy (non-hydrogen) atoms. The van der Waals surface area contributed by atoms with Gasteiger partial charge in [0.05, 0.1) is 10.7 Å². The fourth-order valence-corrected chi connectivity index (χ4v) is 1.17. The maximum Gasteiger partial charge on any atom is 0.0638 e. The maximum absolute atomic E-state index is 5.78. The van der Waals surface area contributed by atoms with Gasteiger partial charge in [0.1, 0.15) is 0 Å². The molecule has 0 saturated heterocycles. The Morgan fingerprint density at radius 3 is 2.64 bits per heavy atom. The molecular weight excluding hydrogens is 160 g/mol. The molecule has 0 saturated carbocycles. The summed E-state index contributed by atoms with van der Waals surface area (Å²) in [5.41, 5.74) is 13.8. The summed E-state index contributed by atoms with van der Waals surface area (Å²) in [6.07, 6.45) is 0. The lowest BCUT2D eigenvalue weighted by atomic mass is 10.1. The molecule has 0 radical (unpaired) electrons. The highest BCUT2D eigenvalue weighted by atomic mass is 35.5. The Morgan fingerprint density at radius 2 is 2.09 bits per heavy atom. The summed E-state index contributed by atoms with van der Waals surface area (Å²) in [6, 6.07) is 3.65. The molecule has 0 aliphatic carbocycles. The van der Waals surface area contributed by atoms with E-state index in [2.05, 4.69) is 0 Å². The number of halogens is 1. The standard InChI is InChI=1S/C8H11ClN2/c1-5-2-7(9)8(11)3-6(5)4-10/h2-3H,4,10-11H2,1H3. The van der Waals surface area contributed by atoms with Gasteiger partial charge in [-0.1, -0.05) is 11.6 Å². The Bertz CT molecular complexity index is 271. The van der Waals surface area contributed by atoms with Crippen molar-refractivity contribution in [1.29, 1.82) is 0 Å². The molecule has 2 nitrogen and oxygen atoms in total. The minimum absolute atomic E-state index is 0.507. The number of hydrogen-bond donors (Lipinski definition) is 2. The molecule has 0 amide bonds. The van der Waals surface area contributed by atoms with E-state index in [-0.39, 0.29) is 0 Å². The van der Waals surface area contributed by atoms with Crippen LogP contribution in [0.15, 0.2) is 12.1 Å². The van der Waals surface area contributed by atoms with Crippen LogP contribution < -0.4 is 11.5 Å². The normalized spacial score (nSPS) is 10.1. The quantitative estimate of drug-likeness (QED) is 0.631. The Kier molecular flexibility index (Phi) is 2.37. The lowest BCUT2D eigenvalue weighted by Gasteiger charge is -2.05. The van der Waals surface area contributed by atoms with Gasteiger partial charge in [0.15, 0.2) is 0 Å². The van der Waals surface area contributed by atoms with Crippen LogP contribution in [0, 0.1) is 6.92 Å². The van der Waals surface area contributed by atoms with Crippen molar-refractivity contribution in [2.45, 2.75) is 13.5 Å². The Balaban J connectivity index is 3.21. The molecule has 1 rings (SSSR count). The lowest BCUT2D eigenvalue weighted by Crippen LogP contribution is -2.00. The zero-order valence-electron chi connectivity index (χ0n) is 6.39. The smallest absolute Gasteiger partial charge is 0.0638 e. The Labute approximate surface area is 71.1 Å². The molecule has 3 heteroatoms. The van der Waals surface area contributed by atoms with Gasteiger partial charge in [-0.05, 0) is 30.2 Å². The SMILES string of the molecule is Cc1cc(Cl)c(N)cc1CN. The zero-order valence-corrected chi connectivity index (χ0v) is 7.15. The topological polar surface area (TPSA) is 52.0 Å². The van der Waals surface area contributed by atoms with Crippen molar-refractivity contribution in [3.63, 3.8) is 0 Å². The summed E-state index contributed by atoms with van der Waals surface area (Å²) in [5.74, 6) is 0. The summed E-state index contributed by atoms with van der Waals surface area (Å²) in [6.45, 7) is 2.47. The van der Waals surface area contributed by atoms with Crippen molar-refractivity contribution >= 4 is 17.3 Å². The first-order valence-electron chi connectivity index (χ1n) is 3.39. The van der Waals surface area contributed by atoms with Crippen LogP contribution >= 0.6 is 11.6 Å². The summed E-state index contributed by atoms with van der Waals surface area (Å²) in [5, 5.41) is 0.597. The van der Waals surface area contributed by atoms with Gasteiger partial charge < -0.3 is 11.5 Å². The molecule has 0 atom stereocenters. The molecule has 0 bridgehead atoms.